The van der Waals surface area contributed by atoms with E-state index in [2.05, 4.69) is 0 Å². The van der Waals surface area contributed by atoms with Gasteiger partial charge in [-0.1, -0.05) is 68.3 Å². The highest BCUT2D eigenvalue weighted by Gasteiger charge is 2.46. The van der Waals surface area contributed by atoms with Gasteiger partial charge in [0.15, 0.2) is 0 Å². The first-order chi connectivity index (χ1) is 13.1. The van der Waals surface area contributed by atoms with E-state index in [9.17, 15) is 19.1 Å². The number of unbranched alkanes of at least 4 members (excludes halogenated alkanes) is 2. The Morgan fingerprint density at radius 1 is 1.04 bits per heavy atom. The maximum Gasteiger partial charge on any atom is 0.295 e. The molecule has 1 heterocycles. The molecule has 3 rings (SSSR count). The Bertz CT molecular complexity index is 876. The van der Waals surface area contributed by atoms with Gasteiger partial charge in [0.1, 0.15) is 11.6 Å². The quantitative estimate of drug-likeness (QED) is 0.355. The lowest BCUT2D eigenvalue weighted by atomic mass is 9.95. The highest BCUT2D eigenvalue weighted by atomic mass is 19.1. The number of Topliss-reactive ketones (excluding diaryl/α,β-unsaturated/α-hetero) is 1. The van der Waals surface area contributed by atoms with Crippen LogP contribution in [0.4, 0.5) is 4.39 Å². The van der Waals surface area contributed by atoms with Gasteiger partial charge < -0.3 is 10.0 Å². The molecule has 0 aliphatic carbocycles. The summed E-state index contributed by atoms with van der Waals surface area (Å²) < 4.78 is 14.5. The number of carbonyl (C=O) groups excluding carboxylic acids is 2. The van der Waals surface area contributed by atoms with Crippen molar-refractivity contribution in [2.45, 2.75) is 32.2 Å². The van der Waals surface area contributed by atoms with E-state index >= 15 is 0 Å². The van der Waals surface area contributed by atoms with Crippen LogP contribution in [0.5, 0.6) is 0 Å². The lowest BCUT2D eigenvalue weighted by molar-refractivity contribution is -0.139. The highest BCUT2D eigenvalue weighted by molar-refractivity contribution is 6.46. The Labute approximate surface area is 157 Å². The fraction of sp³-hybridized carbons (Fsp3) is 0.273. The number of nitrogens with zero attached hydrogens (tertiary/aromatic N) is 1. The molecule has 1 atom stereocenters. The van der Waals surface area contributed by atoms with Gasteiger partial charge >= 0.3 is 0 Å². The molecular weight excluding hydrogens is 345 g/mol. The Morgan fingerprint density at radius 3 is 2.37 bits per heavy atom. The molecular formula is C22H22FNO3. The number of amides is 1. The molecule has 4 nitrogen and oxygen atoms in total. The molecule has 0 bridgehead atoms. The van der Waals surface area contributed by atoms with Crippen molar-refractivity contribution in [3.05, 3.63) is 77.1 Å². The molecule has 27 heavy (non-hydrogen) atoms. The molecule has 1 amide bonds. The summed E-state index contributed by atoms with van der Waals surface area (Å²) in [6.45, 7) is 2.38. The number of likely N-dealkylation sites (tertiary alicyclic amines) is 1. The van der Waals surface area contributed by atoms with Gasteiger partial charge in [-0.05, 0) is 12.5 Å². The molecule has 2 aromatic carbocycles. The second kappa shape index (κ2) is 8.16. The molecule has 0 aromatic heterocycles. The fourth-order valence-electron chi connectivity index (χ4n) is 3.41. The third-order valence-corrected chi connectivity index (χ3v) is 4.79. The van der Waals surface area contributed by atoms with Crippen molar-refractivity contribution >= 4 is 17.4 Å². The Hall–Kier alpha value is -2.95. The SMILES string of the molecule is CCCCCN1C(=O)C(=O)/C(=C(\O)c2ccccc2)C1c1ccccc1F. The zero-order valence-electron chi connectivity index (χ0n) is 15.2. The van der Waals surface area contributed by atoms with Gasteiger partial charge in [-0.2, -0.15) is 0 Å². The van der Waals surface area contributed by atoms with Crippen LogP contribution in [-0.4, -0.2) is 28.2 Å². The number of halogens is 1. The van der Waals surface area contributed by atoms with Gasteiger partial charge in [-0.15, -0.1) is 0 Å². The minimum absolute atomic E-state index is 0.0622. The van der Waals surface area contributed by atoms with Crippen LogP contribution in [0.15, 0.2) is 60.2 Å². The van der Waals surface area contributed by atoms with E-state index in [1.807, 2.05) is 6.92 Å². The van der Waals surface area contributed by atoms with E-state index in [0.717, 1.165) is 12.8 Å². The summed E-state index contributed by atoms with van der Waals surface area (Å²) in [7, 11) is 0. The van der Waals surface area contributed by atoms with E-state index in [1.54, 1.807) is 48.5 Å². The largest absolute Gasteiger partial charge is 0.507 e. The van der Waals surface area contributed by atoms with Crippen LogP contribution >= 0.6 is 0 Å². The third kappa shape index (κ3) is 3.63. The predicted molar refractivity (Wildman–Crippen MR) is 101 cm³/mol. The molecule has 1 saturated heterocycles. The van der Waals surface area contributed by atoms with Crippen LogP contribution < -0.4 is 0 Å². The van der Waals surface area contributed by atoms with Gasteiger partial charge in [0.2, 0.25) is 0 Å². The van der Waals surface area contributed by atoms with Crippen molar-refractivity contribution in [1.82, 2.24) is 4.90 Å². The highest BCUT2D eigenvalue weighted by Crippen LogP contribution is 2.40. The maximum atomic E-state index is 14.5. The van der Waals surface area contributed by atoms with Crippen LogP contribution in [0.25, 0.3) is 5.76 Å². The van der Waals surface area contributed by atoms with Crippen LogP contribution in [0.2, 0.25) is 0 Å². The molecule has 0 spiro atoms. The molecule has 5 heteroatoms. The number of hydrogen-bond acceptors (Lipinski definition) is 3. The van der Waals surface area contributed by atoms with Crippen molar-refractivity contribution < 1.29 is 19.1 Å². The van der Waals surface area contributed by atoms with Gasteiger partial charge in [-0.25, -0.2) is 4.39 Å². The number of aliphatic hydroxyl groups excluding tert-OH is 1. The van der Waals surface area contributed by atoms with Crippen molar-refractivity contribution in [2.75, 3.05) is 6.54 Å². The van der Waals surface area contributed by atoms with Gasteiger partial charge in [0.05, 0.1) is 11.6 Å². The van der Waals surface area contributed by atoms with Crippen LogP contribution in [0.1, 0.15) is 43.4 Å². The fourth-order valence-corrected chi connectivity index (χ4v) is 3.41. The van der Waals surface area contributed by atoms with Crippen LogP contribution in [0, 0.1) is 5.82 Å². The number of aliphatic hydroxyl groups is 1. The Kier molecular flexibility index (Phi) is 5.69. The molecule has 0 saturated carbocycles. The van der Waals surface area contributed by atoms with Crippen molar-refractivity contribution in [2.24, 2.45) is 0 Å². The van der Waals surface area contributed by atoms with Crippen LogP contribution in [-0.2, 0) is 9.59 Å². The smallest absolute Gasteiger partial charge is 0.295 e. The monoisotopic (exact) mass is 367 g/mol. The average Bonchev–Trinajstić information content (AvgIpc) is 2.93. The Balaban J connectivity index is 2.14. The summed E-state index contributed by atoms with van der Waals surface area (Å²) >= 11 is 0. The van der Waals surface area contributed by atoms with Crippen molar-refractivity contribution in [1.29, 1.82) is 0 Å². The lowest BCUT2D eigenvalue weighted by Crippen LogP contribution is -2.31. The van der Waals surface area contributed by atoms with E-state index < -0.39 is 23.5 Å². The van der Waals surface area contributed by atoms with Gasteiger partial charge in [-0.3, -0.25) is 9.59 Å². The number of benzene rings is 2. The molecule has 1 N–H and O–H groups in total. The minimum Gasteiger partial charge on any atom is -0.507 e. The first kappa shape index (κ1) is 18.8. The molecule has 1 aliphatic rings. The van der Waals surface area contributed by atoms with Gasteiger partial charge in [0, 0.05) is 17.7 Å². The topological polar surface area (TPSA) is 57.6 Å². The Morgan fingerprint density at radius 2 is 1.70 bits per heavy atom. The zero-order valence-corrected chi connectivity index (χ0v) is 15.2. The molecule has 1 unspecified atom stereocenters. The minimum atomic E-state index is -0.928. The number of carbonyl (C=O) groups is 2. The average molecular weight is 367 g/mol. The maximum absolute atomic E-state index is 14.5. The second-order valence-electron chi connectivity index (χ2n) is 6.59. The summed E-state index contributed by atoms with van der Waals surface area (Å²) in [5.74, 6) is -2.26. The first-order valence-electron chi connectivity index (χ1n) is 9.14. The standard InChI is InChI=1S/C22H22FNO3/c1-2-3-9-14-24-19(16-12-7-8-13-17(16)23)18(21(26)22(24)27)20(25)15-10-5-4-6-11-15/h4-8,10-13,19,25H,2-3,9,14H2,1H3/b20-18-. The first-order valence-corrected chi connectivity index (χ1v) is 9.14. The summed E-state index contributed by atoms with van der Waals surface area (Å²) in [5, 5.41) is 10.8. The molecule has 140 valence electrons. The molecule has 1 aliphatic heterocycles. The summed E-state index contributed by atoms with van der Waals surface area (Å²) in [4.78, 5) is 26.8. The molecule has 1 fully saturated rings. The third-order valence-electron chi connectivity index (χ3n) is 4.79. The predicted octanol–water partition coefficient (Wildman–Crippen LogP) is 4.44. The van der Waals surface area contributed by atoms with E-state index in [0.29, 0.717) is 18.5 Å². The summed E-state index contributed by atoms with van der Waals surface area (Å²) in [5.41, 5.74) is 0.573. The number of rotatable bonds is 6. The lowest BCUT2D eigenvalue weighted by Gasteiger charge is -2.25. The van der Waals surface area contributed by atoms with E-state index in [-0.39, 0.29) is 16.9 Å². The van der Waals surface area contributed by atoms with Crippen molar-refractivity contribution in [3.8, 4) is 0 Å². The summed E-state index contributed by atoms with van der Waals surface area (Å²) in [6.07, 6.45) is 2.56. The number of hydrogen-bond donors (Lipinski definition) is 1. The second-order valence-corrected chi connectivity index (χ2v) is 6.59. The van der Waals surface area contributed by atoms with Gasteiger partial charge in [0.25, 0.3) is 11.7 Å². The molecule has 0 radical (unpaired) electrons. The van der Waals surface area contributed by atoms with E-state index in [1.165, 1.54) is 11.0 Å². The molecule has 2 aromatic rings. The number of ketones is 1. The zero-order chi connectivity index (χ0) is 19.4. The normalized spacial score (nSPS) is 18.9. The van der Waals surface area contributed by atoms with Crippen molar-refractivity contribution in [3.63, 3.8) is 0 Å². The van der Waals surface area contributed by atoms with Crippen LogP contribution in [0.3, 0.4) is 0 Å². The summed E-state index contributed by atoms with van der Waals surface area (Å²) in [6, 6.07) is 13.7. The van der Waals surface area contributed by atoms with E-state index in [4.69, 9.17) is 0 Å².